The molecule has 0 aliphatic carbocycles. The number of anilines is 2. The summed E-state index contributed by atoms with van der Waals surface area (Å²) < 4.78 is 6.09. The Hall–Kier alpha value is -2.86. The number of rotatable bonds is 6. The van der Waals surface area contributed by atoms with E-state index in [0.29, 0.717) is 30.1 Å². The number of nitrogens with one attached hydrogen (secondary N) is 2. The van der Waals surface area contributed by atoms with Crippen LogP contribution in [0.2, 0.25) is 0 Å². The van der Waals surface area contributed by atoms with E-state index >= 15 is 0 Å². The average Bonchev–Trinajstić information content (AvgIpc) is 2.68. The van der Waals surface area contributed by atoms with E-state index in [0.717, 1.165) is 20.8 Å². The molecule has 6 heteroatoms. The molecular formula is C22H21BrN2O3. The summed E-state index contributed by atoms with van der Waals surface area (Å²) >= 11 is 3.69. The fraction of sp³-hybridized carbons (Fsp3) is 0.182. The van der Waals surface area contributed by atoms with E-state index in [-0.39, 0.29) is 5.91 Å². The molecular weight excluding hydrogens is 420 g/mol. The lowest BCUT2D eigenvalue weighted by molar-refractivity contribution is -0.114. The largest absolute Gasteiger partial charge is 0.462 e. The molecule has 5 nitrogen and oxygen atoms in total. The van der Waals surface area contributed by atoms with Crippen LogP contribution < -0.4 is 10.6 Å². The van der Waals surface area contributed by atoms with Gasteiger partial charge in [0.05, 0.1) is 23.5 Å². The zero-order chi connectivity index (χ0) is 20.1. The lowest BCUT2D eigenvalue weighted by Crippen LogP contribution is -2.11. The van der Waals surface area contributed by atoms with Gasteiger partial charge in [-0.25, -0.2) is 4.79 Å². The molecule has 0 saturated heterocycles. The second kappa shape index (κ2) is 8.89. The molecule has 0 spiro atoms. The van der Waals surface area contributed by atoms with E-state index in [1.807, 2.05) is 18.2 Å². The van der Waals surface area contributed by atoms with Crippen LogP contribution in [0, 0.1) is 0 Å². The zero-order valence-corrected chi connectivity index (χ0v) is 17.3. The Labute approximate surface area is 172 Å². The monoisotopic (exact) mass is 440 g/mol. The molecule has 1 amide bonds. The van der Waals surface area contributed by atoms with Crippen LogP contribution in [0.25, 0.3) is 10.8 Å². The van der Waals surface area contributed by atoms with E-state index in [9.17, 15) is 9.59 Å². The highest BCUT2D eigenvalue weighted by atomic mass is 79.9. The molecule has 144 valence electrons. The number of fused-ring (bicyclic) bond motifs is 1. The number of esters is 1. The van der Waals surface area contributed by atoms with Crippen molar-refractivity contribution in [3.63, 3.8) is 0 Å². The summed E-state index contributed by atoms with van der Waals surface area (Å²) in [6.07, 6.45) is 0. The van der Waals surface area contributed by atoms with Crippen LogP contribution in [0.5, 0.6) is 0 Å². The van der Waals surface area contributed by atoms with Gasteiger partial charge in [-0.3, -0.25) is 4.79 Å². The Morgan fingerprint density at radius 3 is 2.57 bits per heavy atom. The topological polar surface area (TPSA) is 67.4 Å². The number of halogens is 1. The Balaban J connectivity index is 1.89. The van der Waals surface area contributed by atoms with Gasteiger partial charge in [0.2, 0.25) is 5.91 Å². The van der Waals surface area contributed by atoms with Crippen LogP contribution in [0.3, 0.4) is 0 Å². The molecule has 0 aromatic heterocycles. The van der Waals surface area contributed by atoms with Gasteiger partial charge in [-0.2, -0.15) is 0 Å². The summed E-state index contributed by atoms with van der Waals surface area (Å²) in [4.78, 5) is 23.6. The summed E-state index contributed by atoms with van der Waals surface area (Å²) in [5.41, 5.74) is 2.75. The minimum absolute atomic E-state index is 0.182. The van der Waals surface area contributed by atoms with Crippen molar-refractivity contribution >= 4 is 50.0 Å². The predicted molar refractivity (Wildman–Crippen MR) is 116 cm³/mol. The first-order valence-electron chi connectivity index (χ1n) is 8.98. The van der Waals surface area contributed by atoms with Gasteiger partial charge in [-0.15, -0.1) is 0 Å². The third kappa shape index (κ3) is 4.51. The van der Waals surface area contributed by atoms with Crippen molar-refractivity contribution < 1.29 is 14.3 Å². The quantitative estimate of drug-likeness (QED) is 0.506. The van der Waals surface area contributed by atoms with Crippen LogP contribution in [0.15, 0.2) is 59.1 Å². The summed E-state index contributed by atoms with van der Waals surface area (Å²) in [6, 6.07) is 17.3. The fourth-order valence-corrected chi connectivity index (χ4v) is 3.57. The van der Waals surface area contributed by atoms with E-state index in [2.05, 4.69) is 44.8 Å². The van der Waals surface area contributed by atoms with E-state index in [1.54, 1.807) is 25.1 Å². The van der Waals surface area contributed by atoms with Crippen molar-refractivity contribution in [1.29, 1.82) is 0 Å². The molecule has 3 rings (SSSR count). The number of carbonyl (C=O) groups is 2. The van der Waals surface area contributed by atoms with Gasteiger partial charge in [0.15, 0.2) is 0 Å². The van der Waals surface area contributed by atoms with Gasteiger partial charge in [-0.05, 0) is 57.4 Å². The van der Waals surface area contributed by atoms with Crippen molar-refractivity contribution in [2.24, 2.45) is 0 Å². The van der Waals surface area contributed by atoms with Gasteiger partial charge < -0.3 is 15.4 Å². The predicted octanol–water partition coefficient (Wildman–Crippen LogP) is 5.35. The molecule has 2 N–H and O–H groups in total. The maximum Gasteiger partial charge on any atom is 0.338 e. The molecule has 28 heavy (non-hydrogen) atoms. The van der Waals surface area contributed by atoms with Gasteiger partial charge in [0.25, 0.3) is 0 Å². The molecule has 0 unspecified atom stereocenters. The standard InChI is InChI=1S/C22H21BrN2O3/c1-3-28-22(27)16-10-11-19(25-14(2)26)20(12-16)24-13-17-9-8-15-6-4-5-7-18(15)21(17)23/h4-12,24H,3,13H2,1-2H3,(H,25,26). The van der Waals surface area contributed by atoms with Gasteiger partial charge >= 0.3 is 5.97 Å². The Kier molecular flexibility index (Phi) is 6.31. The Morgan fingerprint density at radius 2 is 1.82 bits per heavy atom. The SMILES string of the molecule is CCOC(=O)c1ccc(NC(C)=O)c(NCc2ccc3ccccc3c2Br)c1. The smallest absolute Gasteiger partial charge is 0.338 e. The van der Waals surface area contributed by atoms with Crippen LogP contribution in [-0.2, 0) is 16.1 Å². The number of amides is 1. The normalized spacial score (nSPS) is 10.5. The van der Waals surface area contributed by atoms with Gasteiger partial charge in [0.1, 0.15) is 0 Å². The van der Waals surface area contributed by atoms with Crippen molar-refractivity contribution in [2.75, 3.05) is 17.2 Å². The highest BCUT2D eigenvalue weighted by Crippen LogP contribution is 2.30. The van der Waals surface area contributed by atoms with E-state index in [1.165, 1.54) is 6.92 Å². The maximum absolute atomic E-state index is 12.1. The van der Waals surface area contributed by atoms with Crippen LogP contribution in [0.4, 0.5) is 11.4 Å². The minimum Gasteiger partial charge on any atom is -0.462 e. The molecule has 3 aromatic carbocycles. The molecule has 0 aliphatic heterocycles. The van der Waals surface area contributed by atoms with Gasteiger partial charge in [0, 0.05) is 17.9 Å². The van der Waals surface area contributed by atoms with Crippen molar-refractivity contribution in [1.82, 2.24) is 0 Å². The molecule has 0 atom stereocenters. The molecule has 0 radical (unpaired) electrons. The lowest BCUT2D eigenvalue weighted by atomic mass is 10.1. The highest BCUT2D eigenvalue weighted by molar-refractivity contribution is 9.10. The fourth-order valence-electron chi connectivity index (χ4n) is 2.94. The number of benzene rings is 3. The first-order chi connectivity index (χ1) is 13.5. The molecule has 0 aliphatic rings. The minimum atomic E-state index is -0.396. The zero-order valence-electron chi connectivity index (χ0n) is 15.7. The lowest BCUT2D eigenvalue weighted by Gasteiger charge is -2.15. The highest BCUT2D eigenvalue weighted by Gasteiger charge is 2.12. The Bertz CT molecular complexity index is 1030. The Morgan fingerprint density at radius 1 is 1.04 bits per heavy atom. The summed E-state index contributed by atoms with van der Waals surface area (Å²) in [7, 11) is 0. The molecule has 3 aromatic rings. The second-order valence-electron chi connectivity index (χ2n) is 6.28. The summed E-state index contributed by atoms with van der Waals surface area (Å²) in [5, 5.41) is 8.40. The van der Waals surface area contributed by atoms with Crippen LogP contribution in [0.1, 0.15) is 29.8 Å². The van der Waals surface area contributed by atoms with E-state index in [4.69, 9.17) is 4.74 Å². The first-order valence-corrected chi connectivity index (χ1v) is 9.77. The third-order valence-corrected chi connectivity index (χ3v) is 5.19. The summed E-state index contributed by atoms with van der Waals surface area (Å²) in [5.74, 6) is -0.578. The average molecular weight is 441 g/mol. The van der Waals surface area contributed by atoms with Crippen molar-refractivity contribution in [3.8, 4) is 0 Å². The molecule has 0 saturated carbocycles. The number of ether oxygens (including phenoxy) is 1. The van der Waals surface area contributed by atoms with Gasteiger partial charge in [-0.1, -0.05) is 36.4 Å². The van der Waals surface area contributed by atoms with Crippen molar-refractivity contribution in [2.45, 2.75) is 20.4 Å². The molecule has 0 bridgehead atoms. The maximum atomic E-state index is 12.1. The summed E-state index contributed by atoms with van der Waals surface area (Å²) in [6.45, 7) is 4.03. The van der Waals surface area contributed by atoms with E-state index < -0.39 is 5.97 Å². The van der Waals surface area contributed by atoms with Crippen LogP contribution in [-0.4, -0.2) is 18.5 Å². The number of carbonyl (C=O) groups excluding carboxylic acids is 2. The molecule has 0 heterocycles. The first kappa shape index (κ1) is 19.9. The van der Waals surface area contributed by atoms with Crippen molar-refractivity contribution in [3.05, 3.63) is 70.2 Å². The van der Waals surface area contributed by atoms with Crippen LogP contribution >= 0.6 is 15.9 Å². The number of hydrogen-bond donors (Lipinski definition) is 2. The number of hydrogen-bond acceptors (Lipinski definition) is 4. The third-order valence-electron chi connectivity index (χ3n) is 4.25. The second-order valence-corrected chi connectivity index (χ2v) is 7.07. The molecule has 0 fully saturated rings.